The fourth-order valence-corrected chi connectivity index (χ4v) is 4.09. The maximum Gasteiger partial charge on any atom is 0.317 e. The van der Waals surface area contributed by atoms with Crippen molar-refractivity contribution in [3.8, 4) is 0 Å². The number of hydrogen-bond donors (Lipinski definition) is 0. The maximum absolute atomic E-state index is 14.2. The molecule has 0 spiro atoms. The summed E-state index contributed by atoms with van der Waals surface area (Å²) in [6, 6.07) is 15.0. The lowest BCUT2D eigenvalue weighted by molar-refractivity contribution is -0.147. The number of carbonyl (C=O) groups is 1. The number of rotatable bonds is 4. The summed E-state index contributed by atoms with van der Waals surface area (Å²) in [7, 11) is 1.38. The van der Waals surface area contributed by atoms with Gasteiger partial charge in [-0.3, -0.25) is 9.48 Å². The molecule has 1 aromatic heterocycles. The average molecular weight is 364 g/mol. The molecule has 3 aromatic rings. The van der Waals surface area contributed by atoms with Gasteiger partial charge < -0.3 is 4.74 Å². The van der Waals surface area contributed by atoms with Gasteiger partial charge in [0, 0.05) is 12.6 Å². The van der Waals surface area contributed by atoms with E-state index in [9.17, 15) is 9.18 Å². The number of hydrogen-bond acceptors (Lipinski definition) is 3. The van der Waals surface area contributed by atoms with Crippen molar-refractivity contribution < 1.29 is 13.9 Å². The molecule has 0 amide bonds. The molecule has 5 heteroatoms. The monoisotopic (exact) mass is 364 g/mol. The predicted octanol–water partition coefficient (Wildman–Crippen LogP) is 3.59. The molecule has 1 atom stereocenters. The Balaban J connectivity index is 1.68. The Labute approximate surface area is 157 Å². The Bertz CT molecular complexity index is 971. The standard InChI is InChI=1S/C22H21FN2O2/c1-15-18(9-6-10-19(15)23)22(21(26)27-2)11-17-14-25(24-20(17)12-22)13-16-7-4-3-5-8-16/h3-10,14H,11-13H2,1-2H3/t22-/m0/s1. The van der Waals surface area contributed by atoms with Gasteiger partial charge in [-0.1, -0.05) is 42.5 Å². The van der Waals surface area contributed by atoms with Crippen LogP contribution < -0.4 is 0 Å². The van der Waals surface area contributed by atoms with Crippen molar-refractivity contribution in [2.75, 3.05) is 7.11 Å². The second-order valence-electron chi connectivity index (χ2n) is 7.12. The molecule has 1 heterocycles. The summed E-state index contributed by atoms with van der Waals surface area (Å²) in [6.07, 6.45) is 2.87. The Morgan fingerprint density at radius 2 is 1.96 bits per heavy atom. The summed E-state index contributed by atoms with van der Waals surface area (Å²) in [5.74, 6) is -0.654. The molecular weight excluding hydrogens is 343 g/mol. The highest BCUT2D eigenvalue weighted by molar-refractivity contribution is 5.85. The van der Waals surface area contributed by atoms with E-state index in [1.54, 1.807) is 13.0 Å². The predicted molar refractivity (Wildman–Crippen MR) is 100 cm³/mol. The minimum atomic E-state index is -0.912. The third-order valence-corrected chi connectivity index (χ3v) is 5.43. The Kier molecular flexibility index (Phi) is 4.30. The minimum Gasteiger partial charge on any atom is -0.468 e. The fourth-order valence-electron chi connectivity index (χ4n) is 4.09. The first kappa shape index (κ1) is 17.5. The molecule has 1 aliphatic rings. The molecule has 1 aliphatic carbocycles. The van der Waals surface area contributed by atoms with Crippen molar-refractivity contribution in [2.45, 2.75) is 31.7 Å². The van der Waals surface area contributed by atoms with Crippen LogP contribution in [0.3, 0.4) is 0 Å². The van der Waals surface area contributed by atoms with E-state index in [-0.39, 0.29) is 11.8 Å². The van der Waals surface area contributed by atoms with Crippen molar-refractivity contribution in [3.63, 3.8) is 0 Å². The van der Waals surface area contributed by atoms with Crippen LogP contribution in [0.25, 0.3) is 0 Å². The number of methoxy groups -OCH3 is 1. The molecule has 0 radical (unpaired) electrons. The van der Waals surface area contributed by atoms with Crippen molar-refractivity contribution in [1.82, 2.24) is 9.78 Å². The highest BCUT2D eigenvalue weighted by Crippen LogP contribution is 2.42. The molecule has 4 rings (SSSR count). The molecular formula is C22H21FN2O2. The van der Waals surface area contributed by atoms with Crippen LogP contribution in [0.5, 0.6) is 0 Å². The van der Waals surface area contributed by atoms with Crippen LogP contribution in [0.15, 0.2) is 54.7 Å². The van der Waals surface area contributed by atoms with Crippen molar-refractivity contribution in [1.29, 1.82) is 0 Å². The molecule has 0 saturated heterocycles. The zero-order valence-corrected chi connectivity index (χ0v) is 15.4. The van der Waals surface area contributed by atoms with Gasteiger partial charge in [-0.25, -0.2) is 4.39 Å². The van der Waals surface area contributed by atoms with E-state index >= 15 is 0 Å². The van der Waals surface area contributed by atoms with Gasteiger partial charge in [-0.05, 0) is 41.7 Å². The zero-order valence-electron chi connectivity index (χ0n) is 15.4. The number of aromatic nitrogens is 2. The molecule has 0 saturated carbocycles. The first-order valence-electron chi connectivity index (χ1n) is 8.96. The van der Waals surface area contributed by atoms with E-state index < -0.39 is 5.41 Å². The molecule has 2 aromatic carbocycles. The van der Waals surface area contributed by atoms with Crippen LogP contribution in [0.2, 0.25) is 0 Å². The molecule has 0 aliphatic heterocycles. The van der Waals surface area contributed by atoms with E-state index in [1.807, 2.05) is 35.1 Å². The topological polar surface area (TPSA) is 44.1 Å². The largest absolute Gasteiger partial charge is 0.468 e. The lowest BCUT2D eigenvalue weighted by Crippen LogP contribution is -2.39. The molecule has 0 unspecified atom stereocenters. The van der Waals surface area contributed by atoms with Crippen LogP contribution in [-0.4, -0.2) is 22.9 Å². The van der Waals surface area contributed by atoms with E-state index in [0.717, 1.165) is 11.3 Å². The van der Waals surface area contributed by atoms with Crippen LogP contribution in [0, 0.1) is 12.7 Å². The van der Waals surface area contributed by atoms with Gasteiger partial charge in [-0.15, -0.1) is 0 Å². The first-order valence-corrected chi connectivity index (χ1v) is 8.96. The third-order valence-electron chi connectivity index (χ3n) is 5.43. The highest BCUT2D eigenvalue weighted by atomic mass is 19.1. The van der Waals surface area contributed by atoms with Crippen LogP contribution >= 0.6 is 0 Å². The lowest BCUT2D eigenvalue weighted by Gasteiger charge is -2.28. The van der Waals surface area contributed by atoms with E-state index in [2.05, 4.69) is 12.1 Å². The summed E-state index contributed by atoms with van der Waals surface area (Å²) in [6.45, 7) is 2.39. The number of fused-ring (bicyclic) bond motifs is 1. The zero-order chi connectivity index (χ0) is 19.0. The Morgan fingerprint density at radius 3 is 2.67 bits per heavy atom. The van der Waals surface area contributed by atoms with Gasteiger partial charge >= 0.3 is 5.97 Å². The van der Waals surface area contributed by atoms with E-state index in [0.29, 0.717) is 30.5 Å². The normalized spacial score (nSPS) is 18.3. The van der Waals surface area contributed by atoms with Crippen molar-refractivity contribution in [3.05, 3.63) is 88.5 Å². The van der Waals surface area contributed by atoms with E-state index in [1.165, 1.54) is 18.7 Å². The third kappa shape index (κ3) is 2.93. The fraction of sp³-hybridized carbons (Fsp3) is 0.273. The second kappa shape index (κ2) is 6.65. The molecule has 0 fully saturated rings. The number of ether oxygens (including phenoxy) is 1. The molecule has 4 nitrogen and oxygen atoms in total. The summed E-state index contributed by atoms with van der Waals surface area (Å²) in [4.78, 5) is 12.8. The smallest absolute Gasteiger partial charge is 0.317 e. The number of halogens is 1. The summed E-state index contributed by atoms with van der Waals surface area (Å²) >= 11 is 0. The summed E-state index contributed by atoms with van der Waals surface area (Å²) in [5.41, 5.74) is 3.32. The average Bonchev–Trinajstić information content (AvgIpc) is 3.20. The van der Waals surface area contributed by atoms with E-state index in [4.69, 9.17) is 9.84 Å². The minimum absolute atomic E-state index is 0.311. The number of nitrogens with zero attached hydrogens (tertiary/aromatic N) is 2. The van der Waals surface area contributed by atoms with Crippen LogP contribution in [-0.2, 0) is 34.3 Å². The van der Waals surface area contributed by atoms with Crippen molar-refractivity contribution >= 4 is 5.97 Å². The van der Waals surface area contributed by atoms with Crippen LogP contribution in [0.1, 0.15) is 27.9 Å². The van der Waals surface area contributed by atoms with Gasteiger partial charge in [-0.2, -0.15) is 5.10 Å². The quantitative estimate of drug-likeness (QED) is 0.665. The van der Waals surface area contributed by atoms with Gasteiger partial charge in [0.25, 0.3) is 0 Å². The van der Waals surface area contributed by atoms with Crippen molar-refractivity contribution in [2.24, 2.45) is 0 Å². The SMILES string of the molecule is COC(=O)[C@@]1(c2cccc(F)c2C)Cc2cn(Cc3ccccc3)nc2C1. The maximum atomic E-state index is 14.2. The Hall–Kier alpha value is -2.95. The van der Waals surface area contributed by atoms with Gasteiger partial charge in [0.15, 0.2) is 0 Å². The number of esters is 1. The molecule has 138 valence electrons. The molecule has 27 heavy (non-hydrogen) atoms. The van der Waals surface area contributed by atoms with Gasteiger partial charge in [0.1, 0.15) is 11.2 Å². The lowest BCUT2D eigenvalue weighted by atomic mass is 9.76. The number of carbonyl (C=O) groups excluding carboxylic acids is 1. The first-order chi connectivity index (χ1) is 13.0. The van der Waals surface area contributed by atoms with Gasteiger partial charge in [0.2, 0.25) is 0 Å². The summed E-state index contributed by atoms with van der Waals surface area (Å²) < 4.78 is 21.2. The highest BCUT2D eigenvalue weighted by Gasteiger charge is 2.49. The molecule has 0 bridgehead atoms. The Morgan fingerprint density at radius 1 is 1.19 bits per heavy atom. The van der Waals surface area contributed by atoms with Gasteiger partial charge in [0.05, 0.1) is 19.3 Å². The second-order valence-corrected chi connectivity index (χ2v) is 7.12. The van der Waals surface area contributed by atoms with Crippen LogP contribution in [0.4, 0.5) is 4.39 Å². The summed E-state index contributed by atoms with van der Waals surface area (Å²) in [5, 5.41) is 4.69. The molecule has 0 N–H and O–H groups in total. The number of benzene rings is 2.